The van der Waals surface area contributed by atoms with Crippen molar-refractivity contribution in [2.24, 2.45) is 0 Å². The van der Waals surface area contributed by atoms with Crippen molar-refractivity contribution in [1.29, 1.82) is 0 Å². The fourth-order valence-electron chi connectivity index (χ4n) is 2.00. The molecule has 0 bridgehead atoms. The number of hydrogen-bond donors (Lipinski definition) is 6. The first-order valence-corrected chi connectivity index (χ1v) is 21.5. The molecular weight excluding hydrogens is 779 g/mol. The Morgan fingerprint density at radius 2 is 0.860 bits per heavy atom. The maximum absolute atomic E-state index is 10.1. The van der Waals surface area contributed by atoms with E-state index in [-0.39, 0.29) is 91.1 Å². The van der Waals surface area contributed by atoms with Crippen LogP contribution in [-0.2, 0) is 29.1 Å². The first kappa shape index (κ1) is 77.0. The Kier molecular flexibility index (Phi) is 136. The molecule has 0 fully saturated rings. The molecule has 0 spiro atoms. The zero-order valence-electron chi connectivity index (χ0n) is 32.6. The summed E-state index contributed by atoms with van der Waals surface area (Å²) >= 11 is 7.24. The molecule has 302 valence electrons. The van der Waals surface area contributed by atoms with E-state index in [0.29, 0.717) is 26.2 Å². The van der Waals surface area contributed by atoms with E-state index in [0.717, 1.165) is 94.1 Å². The van der Waals surface area contributed by atoms with Crippen LogP contribution in [0.2, 0.25) is 0 Å². The minimum Gasteiger partial charge on any atom is -0.748 e. The van der Waals surface area contributed by atoms with Crippen molar-refractivity contribution in [2.45, 2.75) is 47.0 Å². The SMILES string of the molecule is CCSCCCCS(=O)(=O)[O-].CCSCCOCCC(=O)[O-].CCSCCOCCO.CCSCCOCCO.CO.CO.CO.CO.[Na+].[Na+]. The number of hydrogen-bond acceptors (Lipinski definition) is 18. The predicted molar refractivity (Wildman–Crippen MR) is 205 cm³/mol. The molecule has 0 saturated heterocycles. The molecule has 0 amide bonds. The second-order valence-electron chi connectivity index (χ2n) is 7.16. The third-order valence-corrected chi connectivity index (χ3v) is 8.15. The van der Waals surface area contributed by atoms with Gasteiger partial charge in [0.05, 0.1) is 63.0 Å². The van der Waals surface area contributed by atoms with Crippen LogP contribution in [-0.4, -0.2) is 183 Å². The maximum atomic E-state index is 10.1. The van der Waals surface area contributed by atoms with Crippen LogP contribution in [0.5, 0.6) is 0 Å². The van der Waals surface area contributed by atoms with Gasteiger partial charge in [0.25, 0.3) is 0 Å². The van der Waals surface area contributed by atoms with Crippen LogP contribution in [0, 0.1) is 0 Å². The van der Waals surface area contributed by atoms with E-state index in [2.05, 4.69) is 27.7 Å². The summed E-state index contributed by atoms with van der Waals surface area (Å²) in [6, 6.07) is 0. The summed E-state index contributed by atoms with van der Waals surface area (Å²) in [4.78, 5) is 9.89. The molecule has 0 atom stereocenters. The number of rotatable bonds is 25. The number of carbonyl (C=O) groups excluding carboxylic acids is 1. The van der Waals surface area contributed by atoms with Gasteiger partial charge in [-0.3, -0.25) is 0 Å². The topological polar surface area (TPSA) is 246 Å². The molecule has 0 aliphatic heterocycles. The van der Waals surface area contributed by atoms with Crippen molar-refractivity contribution in [3.8, 4) is 0 Å². The average molecular weight is 849 g/mol. The quantitative estimate of drug-likeness (QED) is 0.0286. The third kappa shape index (κ3) is 133. The molecule has 21 heteroatoms. The summed E-state index contributed by atoms with van der Waals surface area (Å²) in [6.07, 6.45) is 1.32. The Morgan fingerprint density at radius 1 is 0.560 bits per heavy atom. The number of aliphatic carboxylic acids is 1. The van der Waals surface area contributed by atoms with Gasteiger partial charge in [0.1, 0.15) is 0 Å². The largest absolute Gasteiger partial charge is 1.00 e. The van der Waals surface area contributed by atoms with Crippen LogP contribution in [0.3, 0.4) is 0 Å². The van der Waals surface area contributed by atoms with Gasteiger partial charge in [0, 0.05) is 63.8 Å². The number of unbranched alkanes of at least 4 members (excludes halogenated alkanes) is 1. The van der Waals surface area contributed by atoms with Gasteiger partial charge in [-0.25, -0.2) is 8.42 Å². The van der Waals surface area contributed by atoms with E-state index in [1.54, 1.807) is 23.5 Å². The number of aliphatic hydroxyl groups excluding tert-OH is 6. The van der Waals surface area contributed by atoms with E-state index in [1.807, 2.05) is 23.5 Å². The van der Waals surface area contributed by atoms with Crippen LogP contribution >= 0.6 is 47.0 Å². The third-order valence-electron chi connectivity index (χ3n) is 3.79. The molecule has 0 aliphatic rings. The minimum atomic E-state index is -3.97. The van der Waals surface area contributed by atoms with Gasteiger partial charge >= 0.3 is 59.1 Å². The van der Waals surface area contributed by atoms with Crippen LogP contribution in [0.1, 0.15) is 47.0 Å². The van der Waals surface area contributed by atoms with Crippen molar-refractivity contribution in [3.63, 3.8) is 0 Å². The Morgan fingerprint density at radius 3 is 1.12 bits per heavy atom. The predicted octanol–water partition coefficient (Wildman–Crippen LogP) is -5.10. The molecule has 0 aromatic carbocycles. The second-order valence-corrected chi connectivity index (χ2v) is 14.3. The van der Waals surface area contributed by atoms with Crippen LogP contribution in [0.4, 0.5) is 0 Å². The maximum Gasteiger partial charge on any atom is 1.00 e. The molecular formula is C29H70Na2O14S5. The summed E-state index contributed by atoms with van der Waals surface area (Å²) in [5.74, 6) is 7.10. The summed E-state index contributed by atoms with van der Waals surface area (Å²) in [7, 11) is 0.0294. The van der Waals surface area contributed by atoms with E-state index >= 15 is 0 Å². The molecule has 0 aromatic rings. The van der Waals surface area contributed by atoms with Gasteiger partial charge in [0.15, 0.2) is 0 Å². The fourth-order valence-corrected chi connectivity index (χ4v) is 4.83. The Labute approximate surface area is 366 Å². The smallest absolute Gasteiger partial charge is 0.748 e. The first-order chi connectivity index (χ1) is 23.2. The van der Waals surface area contributed by atoms with Gasteiger partial charge in [-0.1, -0.05) is 27.7 Å². The monoisotopic (exact) mass is 848 g/mol. The molecule has 6 N–H and O–H groups in total. The molecule has 0 rings (SSSR count). The van der Waals surface area contributed by atoms with Gasteiger partial charge in [-0.2, -0.15) is 47.0 Å². The average Bonchev–Trinajstić information content (AvgIpc) is 3.10. The number of aliphatic hydroxyl groups is 6. The first-order valence-electron chi connectivity index (χ1n) is 15.3. The Bertz CT molecular complexity index is 555. The molecule has 0 radical (unpaired) electrons. The summed E-state index contributed by atoms with van der Waals surface area (Å²) < 4.78 is 45.3. The molecule has 0 aromatic heterocycles. The molecule has 0 unspecified atom stereocenters. The minimum absolute atomic E-state index is 0. The van der Waals surface area contributed by atoms with E-state index in [4.69, 9.17) is 44.8 Å². The number of thioether (sulfide) groups is 4. The van der Waals surface area contributed by atoms with Crippen molar-refractivity contribution in [1.82, 2.24) is 0 Å². The molecule has 50 heavy (non-hydrogen) atoms. The number of carboxylic acids is 1. The van der Waals surface area contributed by atoms with Crippen molar-refractivity contribution in [3.05, 3.63) is 0 Å². The summed E-state index contributed by atoms with van der Waals surface area (Å²) in [5, 5.41) is 54.5. The van der Waals surface area contributed by atoms with Gasteiger partial charge < -0.3 is 59.3 Å². The van der Waals surface area contributed by atoms with Gasteiger partial charge in [-0.15, -0.1) is 0 Å². The number of ether oxygens (including phenoxy) is 3. The number of carbonyl (C=O) groups is 1. The second kappa shape index (κ2) is 88.6. The Balaban J connectivity index is -0.0000000493. The van der Waals surface area contributed by atoms with Crippen LogP contribution in [0.15, 0.2) is 0 Å². The molecule has 14 nitrogen and oxygen atoms in total. The standard InChI is InChI=1S/C7H14O3S.C6H14O3S2.2C6H14O2S.4CH4O.2Na/c1-2-11-6-5-10-4-3-7(8)9;1-2-10-5-3-4-6-11(7,8)9;2*1-2-9-6-5-8-4-3-7;4*1-2;;/h2-6H2,1H3,(H,8,9);2-6H2,1H3,(H,7,8,9);2*7H,2-6H2,1H3;4*2H,1H3;;/q;;;;;;;;2*+1/p-2. The van der Waals surface area contributed by atoms with Crippen molar-refractivity contribution < 1.29 is 127 Å². The fraction of sp³-hybridized carbons (Fsp3) is 0.966. The zero-order chi connectivity index (χ0) is 39.2. The van der Waals surface area contributed by atoms with E-state index < -0.39 is 16.1 Å². The zero-order valence-corrected chi connectivity index (χ0v) is 40.7. The summed E-state index contributed by atoms with van der Waals surface area (Å²) in [5.41, 5.74) is 0. The molecule has 0 heterocycles. The van der Waals surface area contributed by atoms with Crippen molar-refractivity contribution in [2.75, 3.05) is 133 Å². The van der Waals surface area contributed by atoms with E-state index in [9.17, 15) is 22.9 Å². The normalized spacial score (nSPS) is 8.86. The van der Waals surface area contributed by atoms with Crippen LogP contribution in [0.25, 0.3) is 0 Å². The van der Waals surface area contributed by atoms with Crippen molar-refractivity contribution >= 4 is 63.1 Å². The molecule has 0 aliphatic carbocycles. The van der Waals surface area contributed by atoms with E-state index in [1.165, 1.54) is 0 Å². The number of carboxylic acid groups (broad SMARTS) is 1. The summed E-state index contributed by atoms with van der Waals surface area (Å²) in [6.45, 7) is 12.0. The van der Waals surface area contributed by atoms with Gasteiger partial charge in [-0.05, 0) is 41.6 Å². The Hall–Kier alpha value is 2.42. The van der Waals surface area contributed by atoms with Gasteiger partial charge in [0.2, 0.25) is 0 Å². The molecule has 0 saturated carbocycles. The van der Waals surface area contributed by atoms with Crippen LogP contribution < -0.4 is 64.2 Å².